The number of hydrogen-bond acceptors (Lipinski definition) is 3. The lowest BCUT2D eigenvalue weighted by molar-refractivity contribution is -0.152. The van der Waals surface area contributed by atoms with Crippen LogP contribution in [0.15, 0.2) is 0 Å². The van der Waals surface area contributed by atoms with Gasteiger partial charge in [-0.3, -0.25) is 9.69 Å². The first-order valence-electron chi connectivity index (χ1n) is 7.23. The van der Waals surface area contributed by atoms with Gasteiger partial charge < -0.3 is 10.2 Å². The summed E-state index contributed by atoms with van der Waals surface area (Å²) in [6.45, 7) is 3.28. The Labute approximate surface area is 109 Å². The molecule has 0 aromatic carbocycles. The Morgan fingerprint density at radius 2 is 1.83 bits per heavy atom. The molecule has 1 aliphatic heterocycles. The van der Waals surface area contributed by atoms with E-state index in [1.807, 2.05) is 11.8 Å². The van der Waals surface area contributed by atoms with Gasteiger partial charge in [-0.25, -0.2) is 0 Å². The molecule has 1 unspecified atom stereocenters. The van der Waals surface area contributed by atoms with Crippen LogP contribution in [0.25, 0.3) is 0 Å². The fourth-order valence-corrected chi connectivity index (χ4v) is 3.68. The van der Waals surface area contributed by atoms with Gasteiger partial charge in [-0.2, -0.15) is 0 Å². The Morgan fingerprint density at radius 3 is 2.39 bits per heavy atom. The van der Waals surface area contributed by atoms with Crippen molar-refractivity contribution in [3.05, 3.63) is 0 Å². The van der Waals surface area contributed by atoms with Crippen molar-refractivity contribution in [2.75, 3.05) is 13.1 Å². The predicted molar refractivity (Wildman–Crippen MR) is 69.5 cm³/mol. The largest absolute Gasteiger partial charge is 0.480 e. The van der Waals surface area contributed by atoms with Crippen molar-refractivity contribution in [1.82, 2.24) is 4.90 Å². The third-order valence-corrected chi connectivity index (χ3v) is 4.88. The number of carbonyl (C=O) groups is 1. The van der Waals surface area contributed by atoms with Crippen LogP contribution in [0.1, 0.15) is 58.3 Å². The van der Waals surface area contributed by atoms with Crippen LogP contribution in [-0.2, 0) is 4.79 Å². The summed E-state index contributed by atoms with van der Waals surface area (Å²) >= 11 is 0. The smallest absolute Gasteiger partial charge is 0.324 e. The fraction of sp³-hybridized carbons (Fsp3) is 0.929. The molecule has 18 heavy (non-hydrogen) atoms. The maximum atomic E-state index is 11.6. The van der Waals surface area contributed by atoms with Crippen LogP contribution in [0.5, 0.6) is 0 Å². The summed E-state index contributed by atoms with van der Waals surface area (Å²) in [7, 11) is 0. The molecule has 1 atom stereocenters. The van der Waals surface area contributed by atoms with Gasteiger partial charge in [-0.05, 0) is 38.6 Å². The van der Waals surface area contributed by atoms with Gasteiger partial charge in [-0.1, -0.05) is 26.2 Å². The van der Waals surface area contributed by atoms with Crippen molar-refractivity contribution in [2.24, 2.45) is 0 Å². The summed E-state index contributed by atoms with van der Waals surface area (Å²) < 4.78 is 0. The molecule has 1 saturated carbocycles. The molecule has 1 saturated heterocycles. The normalized spacial score (nSPS) is 32.6. The van der Waals surface area contributed by atoms with E-state index in [-0.39, 0.29) is 0 Å². The Morgan fingerprint density at radius 1 is 1.17 bits per heavy atom. The fourth-order valence-electron chi connectivity index (χ4n) is 3.68. The topological polar surface area (TPSA) is 60.8 Å². The predicted octanol–water partition coefficient (Wildman–Crippen LogP) is 2.01. The van der Waals surface area contributed by atoms with Gasteiger partial charge in [0.15, 0.2) is 0 Å². The van der Waals surface area contributed by atoms with Gasteiger partial charge in [0, 0.05) is 6.54 Å². The molecule has 0 bridgehead atoms. The molecule has 2 N–H and O–H groups in total. The highest BCUT2D eigenvalue weighted by Crippen LogP contribution is 2.37. The minimum Gasteiger partial charge on any atom is -0.480 e. The average molecular weight is 255 g/mol. The zero-order valence-corrected chi connectivity index (χ0v) is 11.3. The molecule has 1 heterocycles. The Bertz CT molecular complexity index is 312. The van der Waals surface area contributed by atoms with Crippen molar-refractivity contribution in [3.63, 3.8) is 0 Å². The number of likely N-dealkylation sites (tertiary alicyclic amines) is 1. The monoisotopic (exact) mass is 255 g/mol. The summed E-state index contributed by atoms with van der Waals surface area (Å²) in [4.78, 5) is 13.6. The van der Waals surface area contributed by atoms with Crippen LogP contribution in [0, 0.1) is 0 Å². The van der Waals surface area contributed by atoms with E-state index in [1.165, 1.54) is 6.42 Å². The molecule has 0 aromatic heterocycles. The number of carboxylic acid groups (broad SMARTS) is 1. The molecule has 4 nitrogen and oxygen atoms in total. The van der Waals surface area contributed by atoms with Crippen LogP contribution in [0.4, 0.5) is 0 Å². The Balaban J connectivity index is 2.09. The van der Waals surface area contributed by atoms with Crippen LogP contribution >= 0.6 is 0 Å². The Hall–Kier alpha value is -0.610. The van der Waals surface area contributed by atoms with Crippen molar-refractivity contribution in [1.29, 1.82) is 0 Å². The van der Waals surface area contributed by atoms with E-state index >= 15 is 0 Å². The molecule has 0 radical (unpaired) electrons. The number of aliphatic carboxylic acids is 1. The summed E-state index contributed by atoms with van der Waals surface area (Å²) in [5.74, 6) is -0.720. The number of carboxylic acids is 1. The zero-order chi connectivity index (χ0) is 13.2. The summed E-state index contributed by atoms with van der Waals surface area (Å²) in [6, 6.07) is 0. The molecular formula is C14H25NO3. The second kappa shape index (κ2) is 5.17. The van der Waals surface area contributed by atoms with E-state index in [2.05, 4.69) is 0 Å². The standard InChI is InChI=1S/C14H25NO3/c1-2-14(12(16)17)9-6-10-15(14)11-13(18)7-4-3-5-8-13/h18H,2-11H2,1H3,(H,16,17). The van der Waals surface area contributed by atoms with E-state index < -0.39 is 17.1 Å². The molecule has 0 aromatic rings. The summed E-state index contributed by atoms with van der Waals surface area (Å²) in [5.41, 5.74) is -1.38. The van der Waals surface area contributed by atoms with Gasteiger partial charge in [0.2, 0.25) is 0 Å². The third-order valence-electron chi connectivity index (χ3n) is 4.88. The molecule has 2 rings (SSSR count). The lowest BCUT2D eigenvalue weighted by Gasteiger charge is -2.41. The van der Waals surface area contributed by atoms with Crippen molar-refractivity contribution in [3.8, 4) is 0 Å². The van der Waals surface area contributed by atoms with E-state index in [9.17, 15) is 15.0 Å². The van der Waals surface area contributed by atoms with Gasteiger partial charge in [-0.15, -0.1) is 0 Å². The number of nitrogens with zero attached hydrogens (tertiary/aromatic N) is 1. The molecule has 0 spiro atoms. The molecule has 2 aliphatic rings. The quantitative estimate of drug-likeness (QED) is 0.806. The van der Waals surface area contributed by atoms with Gasteiger partial charge >= 0.3 is 5.97 Å². The third kappa shape index (κ3) is 2.41. The van der Waals surface area contributed by atoms with E-state index in [1.54, 1.807) is 0 Å². The minimum atomic E-state index is -0.729. The maximum Gasteiger partial charge on any atom is 0.324 e. The van der Waals surface area contributed by atoms with Crippen LogP contribution < -0.4 is 0 Å². The zero-order valence-electron chi connectivity index (χ0n) is 11.3. The minimum absolute atomic E-state index is 0.535. The van der Waals surface area contributed by atoms with Gasteiger partial charge in [0.25, 0.3) is 0 Å². The van der Waals surface area contributed by atoms with E-state index in [4.69, 9.17) is 0 Å². The van der Waals surface area contributed by atoms with Crippen molar-refractivity contribution >= 4 is 5.97 Å². The van der Waals surface area contributed by atoms with E-state index in [0.29, 0.717) is 13.0 Å². The van der Waals surface area contributed by atoms with Crippen LogP contribution in [0.2, 0.25) is 0 Å². The molecule has 2 fully saturated rings. The SMILES string of the molecule is CCC1(C(=O)O)CCCN1CC1(O)CCCCC1. The van der Waals surface area contributed by atoms with E-state index in [0.717, 1.165) is 45.1 Å². The lowest BCUT2D eigenvalue weighted by Crippen LogP contribution is -2.55. The number of hydrogen-bond donors (Lipinski definition) is 2. The first kappa shape index (κ1) is 13.8. The molecule has 4 heteroatoms. The molecule has 104 valence electrons. The van der Waals surface area contributed by atoms with Crippen molar-refractivity contribution in [2.45, 2.75) is 69.4 Å². The van der Waals surface area contributed by atoms with Crippen LogP contribution in [-0.4, -0.2) is 45.3 Å². The maximum absolute atomic E-state index is 11.6. The number of β-amino-alcohol motifs (C(OH)–C–C–N with tert-alkyl or cyclic N) is 1. The summed E-state index contributed by atoms with van der Waals surface area (Å²) in [6.07, 6.45) is 7.24. The lowest BCUT2D eigenvalue weighted by atomic mass is 9.83. The van der Waals surface area contributed by atoms with Gasteiger partial charge in [0.05, 0.1) is 5.60 Å². The first-order valence-corrected chi connectivity index (χ1v) is 7.23. The highest BCUT2D eigenvalue weighted by atomic mass is 16.4. The van der Waals surface area contributed by atoms with Crippen molar-refractivity contribution < 1.29 is 15.0 Å². The molecular weight excluding hydrogens is 230 g/mol. The van der Waals surface area contributed by atoms with Gasteiger partial charge in [0.1, 0.15) is 5.54 Å². The second-order valence-electron chi connectivity index (χ2n) is 6.00. The summed E-state index contributed by atoms with van der Waals surface area (Å²) in [5, 5.41) is 20.1. The average Bonchev–Trinajstić information content (AvgIpc) is 2.73. The Kier molecular flexibility index (Phi) is 3.97. The molecule has 0 amide bonds. The highest BCUT2D eigenvalue weighted by molar-refractivity contribution is 5.79. The number of aliphatic hydroxyl groups is 1. The molecule has 1 aliphatic carbocycles. The van der Waals surface area contributed by atoms with Crippen LogP contribution in [0.3, 0.4) is 0 Å². The first-order chi connectivity index (χ1) is 8.52. The highest BCUT2D eigenvalue weighted by Gasteiger charge is 2.48. The number of rotatable bonds is 4. The second-order valence-corrected chi connectivity index (χ2v) is 6.00.